The van der Waals surface area contributed by atoms with Crippen molar-refractivity contribution in [2.75, 3.05) is 5.32 Å². The van der Waals surface area contributed by atoms with E-state index in [2.05, 4.69) is 24.5 Å². The molecular weight excluding hydrogens is 312 g/mol. The third kappa shape index (κ3) is 5.18. The molecule has 0 spiro atoms. The lowest BCUT2D eigenvalue weighted by atomic mass is 10.0. The van der Waals surface area contributed by atoms with Gasteiger partial charge < -0.3 is 10.6 Å². The molecule has 132 valence electrons. The van der Waals surface area contributed by atoms with E-state index in [1.54, 1.807) is 24.3 Å². The van der Waals surface area contributed by atoms with Crippen molar-refractivity contribution in [2.24, 2.45) is 0 Å². The molecule has 0 fully saturated rings. The molecule has 0 atom stereocenters. The first-order chi connectivity index (χ1) is 11.7. The first-order valence-corrected chi connectivity index (χ1v) is 8.50. The fraction of sp³-hybridized carbons (Fsp3) is 0.333. The maximum atomic E-state index is 12.5. The number of benzene rings is 2. The lowest BCUT2D eigenvalue weighted by Gasteiger charge is -2.20. The molecule has 0 aliphatic rings. The largest absolute Gasteiger partial charge is 0.347 e. The van der Waals surface area contributed by atoms with E-state index in [1.807, 2.05) is 45.0 Å². The van der Waals surface area contributed by atoms with Crippen LogP contribution in [0.3, 0.4) is 0 Å². The molecule has 2 rings (SSSR count). The average molecular weight is 338 g/mol. The summed E-state index contributed by atoms with van der Waals surface area (Å²) in [5, 5.41) is 5.86. The highest BCUT2D eigenvalue weighted by atomic mass is 16.2. The summed E-state index contributed by atoms with van der Waals surface area (Å²) in [7, 11) is 0. The van der Waals surface area contributed by atoms with Crippen LogP contribution >= 0.6 is 0 Å². The predicted octanol–water partition coefficient (Wildman–Crippen LogP) is 4.59. The molecule has 4 heteroatoms. The number of nitrogens with one attached hydrogen (secondary N) is 2. The summed E-state index contributed by atoms with van der Waals surface area (Å²) in [6.45, 7) is 9.97. The van der Waals surface area contributed by atoms with E-state index in [4.69, 9.17) is 0 Å². The third-order valence-corrected chi connectivity index (χ3v) is 3.73. The van der Waals surface area contributed by atoms with Gasteiger partial charge in [0, 0.05) is 22.4 Å². The van der Waals surface area contributed by atoms with Crippen molar-refractivity contribution < 1.29 is 9.59 Å². The van der Waals surface area contributed by atoms with Crippen molar-refractivity contribution in [1.29, 1.82) is 0 Å². The molecule has 2 aromatic rings. The summed E-state index contributed by atoms with van der Waals surface area (Å²) >= 11 is 0. The van der Waals surface area contributed by atoms with Gasteiger partial charge in [0.15, 0.2) is 0 Å². The number of para-hydroxylation sites is 1. The van der Waals surface area contributed by atoms with Crippen LogP contribution in [0.25, 0.3) is 0 Å². The minimum absolute atomic E-state index is 0.149. The van der Waals surface area contributed by atoms with Crippen LogP contribution in [0.4, 0.5) is 5.69 Å². The number of carbonyl (C=O) groups is 2. The van der Waals surface area contributed by atoms with E-state index < -0.39 is 0 Å². The molecule has 0 radical (unpaired) electrons. The maximum absolute atomic E-state index is 12.5. The van der Waals surface area contributed by atoms with Crippen LogP contribution in [0.15, 0.2) is 48.5 Å². The van der Waals surface area contributed by atoms with Gasteiger partial charge in [-0.25, -0.2) is 0 Å². The van der Waals surface area contributed by atoms with Gasteiger partial charge in [0.05, 0.1) is 0 Å². The molecule has 2 N–H and O–H groups in total. The Morgan fingerprint density at radius 3 is 1.88 bits per heavy atom. The van der Waals surface area contributed by atoms with Crippen molar-refractivity contribution in [1.82, 2.24) is 5.32 Å². The number of amides is 2. The predicted molar refractivity (Wildman–Crippen MR) is 102 cm³/mol. The molecule has 0 aromatic heterocycles. The van der Waals surface area contributed by atoms with Crippen LogP contribution in [0.5, 0.6) is 0 Å². The van der Waals surface area contributed by atoms with Crippen molar-refractivity contribution in [3.8, 4) is 0 Å². The number of carbonyl (C=O) groups excluding carboxylic acids is 2. The molecule has 0 unspecified atom stereocenters. The second kappa shape index (κ2) is 7.51. The van der Waals surface area contributed by atoms with E-state index in [9.17, 15) is 9.59 Å². The topological polar surface area (TPSA) is 58.2 Å². The lowest BCUT2D eigenvalue weighted by molar-refractivity contribution is 0.0918. The van der Waals surface area contributed by atoms with Gasteiger partial charge in [-0.1, -0.05) is 32.0 Å². The number of hydrogen-bond donors (Lipinski definition) is 2. The second-order valence-electron chi connectivity index (χ2n) is 7.48. The second-order valence-corrected chi connectivity index (χ2v) is 7.48. The lowest BCUT2D eigenvalue weighted by Crippen LogP contribution is -2.40. The Morgan fingerprint density at radius 1 is 0.840 bits per heavy atom. The minimum atomic E-state index is -0.298. The molecular formula is C21H26N2O2. The van der Waals surface area contributed by atoms with Gasteiger partial charge in [-0.2, -0.15) is 0 Å². The van der Waals surface area contributed by atoms with Gasteiger partial charge in [0.1, 0.15) is 0 Å². The molecule has 0 aliphatic heterocycles. The van der Waals surface area contributed by atoms with Crippen molar-refractivity contribution in [3.05, 3.63) is 65.2 Å². The summed E-state index contributed by atoms with van der Waals surface area (Å²) in [4.78, 5) is 24.6. The maximum Gasteiger partial charge on any atom is 0.255 e. The Kier molecular flexibility index (Phi) is 5.62. The summed E-state index contributed by atoms with van der Waals surface area (Å²) in [6.07, 6.45) is 0. The Labute approximate surface area is 149 Å². The smallest absolute Gasteiger partial charge is 0.255 e. The Morgan fingerprint density at radius 2 is 1.36 bits per heavy atom. The standard InChI is InChI=1S/C21H26N2O2/c1-14(2)17-8-6-7-9-18(17)22-19(24)15-10-12-16(13-11-15)20(25)23-21(3,4)5/h6-14H,1-5H3,(H,22,24)(H,23,25). The van der Waals surface area contributed by atoms with Gasteiger partial charge in [-0.15, -0.1) is 0 Å². The van der Waals surface area contributed by atoms with E-state index in [0.29, 0.717) is 17.0 Å². The van der Waals surface area contributed by atoms with Gasteiger partial charge in [-0.05, 0) is 62.6 Å². The van der Waals surface area contributed by atoms with E-state index in [1.165, 1.54) is 0 Å². The molecule has 4 nitrogen and oxygen atoms in total. The molecule has 2 amide bonds. The summed E-state index contributed by atoms with van der Waals surface area (Å²) < 4.78 is 0. The van der Waals surface area contributed by atoms with Crippen LogP contribution < -0.4 is 10.6 Å². The normalized spacial score (nSPS) is 11.3. The molecule has 0 saturated carbocycles. The molecule has 0 saturated heterocycles. The Bertz CT molecular complexity index is 756. The van der Waals surface area contributed by atoms with Gasteiger partial charge >= 0.3 is 0 Å². The SMILES string of the molecule is CC(C)c1ccccc1NC(=O)c1ccc(C(=O)NC(C)(C)C)cc1. The molecule has 0 aliphatic carbocycles. The molecule has 2 aromatic carbocycles. The number of hydrogen-bond acceptors (Lipinski definition) is 2. The van der Waals surface area contributed by atoms with Crippen molar-refractivity contribution in [3.63, 3.8) is 0 Å². The number of rotatable bonds is 4. The first-order valence-electron chi connectivity index (χ1n) is 8.50. The van der Waals surface area contributed by atoms with Gasteiger partial charge in [0.25, 0.3) is 11.8 Å². The average Bonchev–Trinajstić information content (AvgIpc) is 2.53. The number of anilines is 1. The molecule has 25 heavy (non-hydrogen) atoms. The van der Waals surface area contributed by atoms with E-state index in [0.717, 1.165) is 11.3 Å². The Balaban J connectivity index is 2.12. The monoisotopic (exact) mass is 338 g/mol. The highest BCUT2D eigenvalue weighted by Crippen LogP contribution is 2.24. The minimum Gasteiger partial charge on any atom is -0.347 e. The summed E-state index contributed by atoms with van der Waals surface area (Å²) in [5.74, 6) is -0.0135. The van der Waals surface area contributed by atoms with Crippen LogP contribution in [0, 0.1) is 0 Å². The fourth-order valence-electron chi connectivity index (χ4n) is 2.49. The van der Waals surface area contributed by atoms with Crippen LogP contribution in [0.2, 0.25) is 0 Å². The molecule has 0 heterocycles. The van der Waals surface area contributed by atoms with Crippen molar-refractivity contribution >= 4 is 17.5 Å². The van der Waals surface area contributed by atoms with E-state index in [-0.39, 0.29) is 17.4 Å². The summed E-state index contributed by atoms with van der Waals surface area (Å²) in [5.41, 5.74) is 2.67. The van der Waals surface area contributed by atoms with Gasteiger partial charge in [0.2, 0.25) is 0 Å². The molecule has 0 bridgehead atoms. The highest BCUT2D eigenvalue weighted by molar-refractivity contribution is 6.05. The third-order valence-electron chi connectivity index (χ3n) is 3.73. The van der Waals surface area contributed by atoms with Crippen molar-refractivity contribution in [2.45, 2.75) is 46.1 Å². The zero-order valence-corrected chi connectivity index (χ0v) is 15.5. The van der Waals surface area contributed by atoms with E-state index >= 15 is 0 Å². The zero-order chi connectivity index (χ0) is 18.6. The Hall–Kier alpha value is -2.62. The van der Waals surface area contributed by atoms with Gasteiger partial charge in [-0.3, -0.25) is 9.59 Å². The quantitative estimate of drug-likeness (QED) is 0.856. The zero-order valence-electron chi connectivity index (χ0n) is 15.5. The van der Waals surface area contributed by atoms with Crippen LogP contribution in [0.1, 0.15) is 66.8 Å². The highest BCUT2D eigenvalue weighted by Gasteiger charge is 2.16. The summed E-state index contributed by atoms with van der Waals surface area (Å²) in [6, 6.07) is 14.5. The van der Waals surface area contributed by atoms with Crippen LogP contribution in [-0.4, -0.2) is 17.4 Å². The van der Waals surface area contributed by atoms with Crippen LogP contribution in [-0.2, 0) is 0 Å². The first kappa shape index (κ1) is 18.7. The fourth-order valence-corrected chi connectivity index (χ4v) is 2.49.